The van der Waals surface area contributed by atoms with Crippen LogP contribution >= 0.6 is 0 Å². The van der Waals surface area contributed by atoms with E-state index in [0.29, 0.717) is 6.42 Å². The number of carbonyl (C=O) groups is 1. The summed E-state index contributed by atoms with van der Waals surface area (Å²) in [6.07, 6.45) is -0.200. The number of nitrogens with one attached hydrogen (secondary N) is 1. The number of fused-ring (bicyclic) bond motifs is 1. The molecule has 2 aromatic carbocycles. The Morgan fingerprint density at radius 3 is 2.67 bits per heavy atom. The Hall–Kier alpha value is -2.53. The number of aliphatic hydroxyl groups is 1. The fourth-order valence-electron chi connectivity index (χ4n) is 2.68. The zero-order valence-electron chi connectivity index (χ0n) is 11.2. The molecule has 2 aromatic rings. The van der Waals surface area contributed by atoms with Gasteiger partial charge in [-0.05, 0) is 23.3 Å². The summed E-state index contributed by atoms with van der Waals surface area (Å²) in [5, 5.41) is 31.8. The van der Waals surface area contributed by atoms with Crippen molar-refractivity contribution < 1.29 is 20.1 Å². The van der Waals surface area contributed by atoms with Gasteiger partial charge >= 0.3 is 0 Å². The zero-order valence-corrected chi connectivity index (χ0v) is 11.2. The third kappa shape index (κ3) is 2.43. The quantitative estimate of drug-likeness (QED) is 0.673. The Bertz CT molecular complexity index is 698. The second kappa shape index (κ2) is 5.10. The molecule has 0 spiro atoms. The summed E-state index contributed by atoms with van der Waals surface area (Å²) in [5.74, 6) is -0.906. The van der Waals surface area contributed by atoms with Crippen LogP contribution in [0.1, 0.15) is 27.5 Å². The summed E-state index contributed by atoms with van der Waals surface area (Å²) in [7, 11) is 0. The Kier molecular flexibility index (Phi) is 3.27. The van der Waals surface area contributed by atoms with Gasteiger partial charge in [-0.25, -0.2) is 0 Å². The molecule has 1 amide bonds. The molecule has 0 aromatic heterocycles. The normalized spacial score (nSPS) is 20.0. The van der Waals surface area contributed by atoms with Gasteiger partial charge in [0.15, 0.2) is 0 Å². The first-order valence-electron chi connectivity index (χ1n) is 6.65. The van der Waals surface area contributed by atoms with Crippen LogP contribution in [0.2, 0.25) is 0 Å². The molecule has 0 bridgehead atoms. The van der Waals surface area contributed by atoms with Crippen molar-refractivity contribution in [3.8, 4) is 11.5 Å². The summed E-state index contributed by atoms with van der Waals surface area (Å²) < 4.78 is 0. The Balaban J connectivity index is 1.85. The SMILES string of the molecule is O=C(NC1c2ccccc2CC1O)c1ccc(O)cc1O. The summed E-state index contributed by atoms with van der Waals surface area (Å²) in [6.45, 7) is 0. The van der Waals surface area contributed by atoms with E-state index < -0.39 is 18.1 Å². The highest BCUT2D eigenvalue weighted by atomic mass is 16.3. The molecule has 0 saturated carbocycles. The fraction of sp³-hybridized carbons (Fsp3) is 0.188. The minimum Gasteiger partial charge on any atom is -0.508 e. The van der Waals surface area contributed by atoms with Gasteiger partial charge in [-0.15, -0.1) is 0 Å². The standard InChI is InChI=1S/C16H15NO4/c18-10-5-6-12(13(19)8-10)16(21)17-15-11-4-2-1-3-9(11)7-14(15)20/h1-6,8,14-15,18-20H,7H2,(H,17,21). The van der Waals surface area contributed by atoms with Crippen LogP contribution < -0.4 is 5.32 Å². The average Bonchev–Trinajstić information content (AvgIpc) is 2.75. The van der Waals surface area contributed by atoms with Crippen molar-refractivity contribution in [1.82, 2.24) is 5.32 Å². The van der Waals surface area contributed by atoms with Gasteiger partial charge in [0.2, 0.25) is 0 Å². The maximum atomic E-state index is 12.2. The number of phenols is 2. The fourth-order valence-corrected chi connectivity index (χ4v) is 2.68. The largest absolute Gasteiger partial charge is 0.508 e. The lowest BCUT2D eigenvalue weighted by Gasteiger charge is -2.18. The number of amides is 1. The monoisotopic (exact) mass is 285 g/mol. The maximum Gasteiger partial charge on any atom is 0.255 e. The van der Waals surface area contributed by atoms with E-state index in [0.717, 1.165) is 17.2 Å². The first-order valence-corrected chi connectivity index (χ1v) is 6.65. The lowest BCUT2D eigenvalue weighted by atomic mass is 10.1. The van der Waals surface area contributed by atoms with E-state index in [1.165, 1.54) is 12.1 Å². The molecule has 0 radical (unpaired) electrons. The van der Waals surface area contributed by atoms with Crippen molar-refractivity contribution in [3.05, 3.63) is 59.2 Å². The van der Waals surface area contributed by atoms with Crippen LogP contribution in [0.15, 0.2) is 42.5 Å². The second-order valence-corrected chi connectivity index (χ2v) is 5.12. The van der Waals surface area contributed by atoms with Crippen molar-refractivity contribution in [2.24, 2.45) is 0 Å². The van der Waals surface area contributed by atoms with Gasteiger partial charge in [-0.2, -0.15) is 0 Å². The minimum atomic E-state index is -0.689. The number of rotatable bonds is 2. The van der Waals surface area contributed by atoms with E-state index in [2.05, 4.69) is 5.32 Å². The smallest absolute Gasteiger partial charge is 0.255 e. The highest BCUT2D eigenvalue weighted by molar-refractivity contribution is 5.97. The van der Waals surface area contributed by atoms with Crippen molar-refractivity contribution in [2.75, 3.05) is 0 Å². The molecule has 0 saturated heterocycles. The van der Waals surface area contributed by atoms with Crippen LogP contribution in [-0.2, 0) is 6.42 Å². The first-order chi connectivity index (χ1) is 10.1. The molecule has 5 nitrogen and oxygen atoms in total. The molecule has 4 N–H and O–H groups in total. The van der Waals surface area contributed by atoms with E-state index in [1.54, 1.807) is 0 Å². The van der Waals surface area contributed by atoms with E-state index in [1.807, 2.05) is 24.3 Å². The van der Waals surface area contributed by atoms with Crippen LogP contribution in [0.4, 0.5) is 0 Å². The molecular weight excluding hydrogens is 270 g/mol. The van der Waals surface area contributed by atoms with E-state index in [9.17, 15) is 20.1 Å². The number of benzene rings is 2. The third-order valence-electron chi connectivity index (χ3n) is 3.72. The molecule has 0 aliphatic heterocycles. The van der Waals surface area contributed by atoms with Crippen LogP contribution in [0.25, 0.3) is 0 Å². The average molecular weight is 285 g/mol. The zero-order chi connectivity index (χ0) is 15.0. The van der Waals surface area contributed by atoms with Crippen LogP contribution in [0.5, 0.6) is 11.5 Å². The predicted octanol–water partition coefficient (Wildman–Crippen LogP) is 1.49. The topological polar surface area (TPSA) is 89.8 Å². The lowest BCUT2D eigenvalue weighted by Crippen LogP contribution is -2.33. The lowest BCUT2D eigenvalue weighted by molar-refractivity contribution is 0.0855. The summed E-state index contributed by atoms with van der Waals surface area (Å²) in [5.41, 5.74) is 1.95. The van der Waals surface area contributed by atoms with Gasteiger partial charge in [-0.3, -0.25) is 4.79 Å². The maximum absolute atomic E-state index is 12.2. The van der Waals surface area contributed by atoms with E-state index in [-0.39, 0.29) is 17.1 Å². The molecule has 0 heterocycles. The van der Waals surface area contributed by atoms with Crippen LogP contribution in [0, 0.1) is 0 Å². The first kappa shape index (κ1) is 13.5. The molecule has 1 aliphatic carbocycles. The molecule has 0 fully saturated rings. The summed E-state index contributed by atoms with van der Waals surface area (Å²) in [6, 6.07) is 10.8. The second-order valence-electron chi connectivity index (χ2n) is 5.12. The highest BCUT2D eigenvalue weighted by Gasteiger charge is 2.32. The number of hydrogen-bond acceptors (Lipinski definition) is 4. The van der Waals surface area contributed by atoms with Crippen LogP contribution in [-0.4, -0.2) is 27.3 Å². The van der Waals surface area contributed by atoms with Crippen molar-refractivity contribution in [3.63, 3.8) is 0 Å². The number of aliphatic hydroxyl groups excluding tert-OH is 1. The molecule has 2 atom stereocenters. The summed E-state index contributed by atoms with van der Waals surface area (Å²) >= 11 is 0. The highest BCUT2D eigenvalue weighted by Crippen LogP contribution is 2.32. The Labute approximate surface area is 121 Å². The number of hydrogen-bond donors (Lipinski definition) is 4. The van der Waals surface area contributed by atoms with Gasteiger partial charge in [0.1, 0.15) is 11.5 Å². The molecule has 2 unspecified atom stereocenters. The predicted molar refractivity (Wildman–Crippen MR) is 76.1 cm³/mol. The van der Waals surface area contributed by atoms with Gasteiger partial charge in [0.25, 0.3) is 5.91 Å². The van der Waals surface area contributed by atoms with Gasteiger partial charge < -0.3 is 20.6 Å². The molecule has 5 heteroatoms. The Morgan fingerprint density at radius 1 is 1.14 bits per heavy atom. The molecular formula is C16H15NO4. The van der Waals surface area contributed by atoms with Crippen LogP contribution in [0.3, 0.4) is 0 Å². The third-order valence-corrected chi connectivity index (χ3v) is 3.72. The number of phenolic OH excluding ortho intramolecular Hbond substituents is 2. The summed E-state index contributed by atoms with van der Waals surface area (Å²) in [4.78, 5) is 12.2. The van der Waals surface area contributed by atoms with Crippen molar-refractivity contribution >= 4 is 5.91 Å². The van der Waals surface area contributed by atoms with Gasteiger partial charge in [0, 0.05) is 12.5 Å². The van der Waals surface area contributed by atoms with Gasteiger partial charge in [-0.1, -0.05) is 24.3 Å². The van der Waals surface area contributed by atoms with E-state index in [4.69, 9.17) is 0 Å². The van der Waals surface area contributed by atoms with Crippen molar-refractivity contribution in [2.45, 2.75) is 18.6 Å². The molecule has 1 aliphatic rings. The van der Waals surface area contributed by atoms with Gasteiger partial charge in [0.05, 0.1) is 17.7 Å². The molecule has 21 heavy (non-hydrogen) atoms. The van der Waals surface area contributed by atoms with Crippen molar-refractivity contribution in [1.29, 1.82) is 0 Å². The van der Waals surface area contributed by atoms with E-state index >= 15 is 0 Å². The number of carbonyl (C=O) groups excluding carboxylic acids is 1. The molecule has 3 rings (SSSR count). The number of aromatic hydroxyl groups is 2. The Morgan fingerprint density at radius 2 is 1.90 bits per heavy atom. The molecule has 108 valence electrons. The minimum absolute atomic E-state index is 0.0596.